The maximum absolute atomic E-state index is 15.2. The predicted molar refractivity (Wildman–Crippen MR) is 594 cm³/mol. The highest BCUT2D eigenvalue weighted by Gasteiger charge is 2.34. The summed E-state index contributed by atoms with van der Waals surface area (Å²) in [6.45, 7) is 22.3. The van der Waals surface area contributed by atoms with Crippen LogP contribution in [-0.2, 0) is 64.6 Å². The summed E-state index contributed by atoms with van der Waals surface area (Å²) in [6, 6.07) is 91.0. The van der Waals surface area contributed by atoms with Gasteiger partial charge < -0.3 is 60.2 Å². The van der Waals surface area contributed by atoms with E-state index in [1.165, 1.54) is 99.3 Å². The minimum absolute atomic E-state index is 0.0594. The average molecular weight is 1940 g/mol. The number of hydrogen-bond acceptors (Lipinski definition) is 8. The zero-order valence-corrected chi connectivity index (χ0v) is 87.8. The second-order valence-corrected chi connectivity index (χ2v) is 42.6. The Hall–Kier alpha value is -11.9. The smallest absolute Gasteiger partial charge is 0.230 e. The third-order valence-electron chi connectivity index (χ3n) is 28.9. The lowest BCUT2D eigenvalue weighted by Gasteiger charge is -2.25. The van der Waals surface area contributed by atoms with Crippen LogP contribution in [0.3, 0.4) is 0 Å². The lowest BCUT2D eigenvalue weighted by Crippen LogP contribution is -2.31. The van der Waals surface area contributed by atoms with E-state index in [9.17, 15) is 0 Å². The molecule has 8 aromatic carbocycles. The number of para-hydroxylation sites is 4. The van der Waals surface area contributed by atoms with Gasteiger partial charge in [-0.2, -0.15) is 0 Å². The van der Waals surface area contributed by atoms with E-state index in [1.54, 1.807) is 0 Å². The Morgan fingerprint density at radius 3 is 0.576 bits per heavy atom. The number of aromatic nitrogens is 4. The van der Waals surface area contributed by atoms with E-state index in [0.29, 0.717) is 49.2 Å². The maximum Gasteiger partial charge on any atom is 0.230 e. The van der Waals surface area contributed by atoms with E-state index < -0.39 is 21.7 Å². The number of amides is 4. The van der Waals surface area contributed by atoms with Gasteiger partial charge in [0.1, 0.15) is 0 Å². The number of hydrogen-bond donors (Lipinski definition) is 8. The fourth-order valence-electron chi connectivity index (χ4n) is 19.7. The molecule has 0 aliphatic carbocycles. The molecule has 16 heteroatoms. The Labute approximate surface area is 859 Å². The van der Waals surface area contributed by atoms with Gasteiger partial charge in [0.25, 0.3) is 0 Å². The Balaban J connectivity index is 0.810. The number of benzene rings is 8. The Bertz CT molecular complexity index is 5440. The summed E-state index contributed by atoms with van der Waals surface area (Å²) in [5, 5.41) is 17.1. The van der Waals surface area contributed by atoms with Crippen LogP contribution in [0.2, 0.25) is 0 Å². The number of rotatable bonds is 64. The van der Waals surface area contributed by atoms with Crippen molar-refractivity contribution in [2.45, 2.75) is 313 Å². The second-order valence-electron chi connectivity index (χ2n) is 42.6. The van der Waals surface area contributed by atoms with Crippen LogP contribution in [0.25, 0.3) is 22.3 Å². The molecule has 13 rings (SSSR count). The van der Waals surface area contributed by atoms with Gasteiger partial charge in [-0.05, 0) is 146 Å². The highest BCUT2D eigenvalue weighted by Crippen LogP contribution is 2.40. The van der Waals surface area contributed by atoms with Gasteiger partial charge in [0.15, 0.2) is 0 Å². The largest absolute Gasteiger partial charge is 0.377 e. The molecule has 0 fully saturated rings. The van der Waals surface area contributed by atoms with Gasteiger partial charge in [0, 0.05) is 160 Å². The van der Waals surface area contributed by atoms with Crippen molar-refractivity contribution in [2.24, 2.45) is 21.7 Å². The van der Waals surface area contributed by atoms with Crippen molar-refractivity contribution >= 4 is 68.7 Å². The topological polar surface area (TPSA) is 216 Å². The van der Waals surface area contributed by atoms with Crippen molar-refractivity contribution in [1.29, 1.82) is 0 Å². The Kier molecular flexibility index (Phi) is 43.8. The summed E-state index contributed by atoms with van der Waals surface area (Å²) in [5.74, 6) is -0.237. The molecular formula is C128H164N8O8. The zero-order chi connectivity index (χ0) is 101. The van der Waals surface area contributed by atoms with Crippen LogP contribution in [0.15, 0.2) is 267 Å². The molecule has 8 bridgehead atoms. The van der Waals surface area contributed by atoms with Crippen LogP contribution in [0, 0.1) is 21.7 Å². The Morgan fingerprint density at radius 2 is 0.375 bits per heavy atom. The normalized spacial score (nSPS) is 12.4. The number of anilines is 4. The average Bonchev–Trinajstić information content (AvgIpc) is 1.60. The molecule has 5 heterocycles. The van der Waals surface area contributed by atoms with E-state index in [-0.39, 0.29) is 23.6 Å². The standard InChI is InChI=1S/C128H164N8O8/c1-125(2,85-53-25-17-9-13-21-29-57-89-141-93-97-61-37-33-38-62-97)121(137)133-105-73-49-45-69-101(105)117-109-77-79-111(129-109)118(102-70-46-50-74-106(102)134-122(138)126(3,4)86-54-26-18-10-14-22-30-58-90-142-94-98-63-39-34-40-64-98)113-81-83-115(131-113)120(104-72-48-52-76-108(104)136-124(140)128(7,8)88-56-28-20-12-16-24-32-60-92-144-96-100-67-43-36-44-68-100)116-84-82-114(132-116)119(112-80-78-110(117)130-112)103-71-47-51-75-107(103)135-123(139)127(5,6)87-55-27-19-11-15-23-31-59-91-143-95-99-65-41-35-42-66-99/h33-52,61-84,129-132H,9-32,53-60,85-96H2,1-8H3,(H,133,137)(H,134,138)(H,135,139)(H,136,140). The van der Waals surface area contributed by atoms with Crippen molar-refractivity contribution in [3.05, 3.63) is 356 Å². The maximum atomic E-state index is 15.2. The Morgan fingerprint density at radius 1 is 0.201 bits per heavy atom. The molecule has 16 nitrogen and oxygen atoms in total. The molecule has 0 saturated carbocycles. The molecule has 0 atom stereocenters. The third kappa shape index (κ3) is 34.1. The molecular weight excluding hydrogens is 1780 g/mol. The summed E-state index contributed by atoms with van der Waals surface area (Å²) >= 11 is 0. The minimum atomic E-state index is -0.699. The number of aromatic amines is 4. The van der Waals surface area contributed by atoms with E-state index in [1.807, 2.05) is 97.1 Å². The first-order valence-electron chi connectivity index (χ1n) is 54.5. The number of fused-ring (bicyclic) bond motifs is 8. The first kappa shape index (κ1) is 109. The molecule has 4 amide bonds. The molecule has 0 spiro atoms. The SMILES string of the molecule is CC(C)(CCCCCCCCCCOCc1ccccc1)C(=O)Nc1ccccc1C1=c2ccc([nH]2)=C(c2ccccc2NC(=O)C(C)(C)CCCCCCCCCCOCc2ccccc2)c2ccc([nH]2)C(c2ccccc2NC(=O)C(C)(C)CCCCCCCCCCOCc2ccccc2)=c2ccc([nH]2)=C(c2ccccc2NC(=O)C(C)(C)CCCCCCCCCCOCc2ccccc2)c2ccc1[nH]2. The van der Waals surface area contributed by atoms with Crippen LogP contribution in [0.4, 0.5) is 22.7 Å². The first-order chi connectivity index (χ1) is 70.2. The van der Waals surface area contributed by atoms with E-state index >= 15 is 19.2 Å². The van der Waals surface area contributed by atoms with Gasteiger partial charge in [-0.25, -0.2) is 0 Å². The highest BCUT2D eigenvalue weighted by atomic mass is 16.5. The van der Waals surface area contributed by atoms with Crippen molar-refractivity contribution in [2.75, 3.05) is 47.7 Å². The molecule has 0 unspecified atom stereocenters. The van der Waals surface area contributed by atoms with Gasteiger partial charge in [0.2, 0.25) is 23.6 Å². The monoisotopic (exact) mass is 1940 g/mol. The third-order valence-corrected chi connectivity index (χ3v) is 28.9. The number of ether oxygens (including phenoxy) is 4. The molecule has 144 heavy (non-hydrogen) atoms. The van der Waals surface area contributed by atoms with Gasteiger partial charge >= 0.3 is 0 Å². The van der Waals surface area contributed by atoms with Crippen LogP contribution in [0.5, 0.6) is 0 Å². The number of carbonyl (C=O) groups is 4. The van der Waals surface area contributed by atoms with Crippen LogP contribution in [-0.4, -0.2) is 70.0 Å². The summed E-state index contributed by atoms with van der Waals surface area (Å²) in [5.41, 5.74) is 14.1. The molecule has 4 aromatic heterocycles. The molecule has 8 N–H and O–H groups in total. The van der Waals surface area contributed by atoms with E-state index in [2.05, 4.69) is 266 Å². The fourth-order valence-corrected chi connectivity index (χ4v) is 19.7. The molecule has 0 radical (unpaired) electrons. The molecule has 1 aliphatic heterocycles. The minimum Gasteiger partial charge on any atom is -0.377 e. The van der Waals surface area contributed by atoms with E-state index in [4.69, 9.17) is 18.9 Å². The van der Waals surface area contributed by atoms with E-state index in [0.717, 1.165) is 269 Å². The first-order valence-corrected chi connectivity index (χ1v) is 54.5. The summed E-state index contributed by atoms with van der Waals surface area (Å²) in [7, 11) is 0. The van der Waals surface area contributed by atoms with Crippen molar-refractivity contribution in [3.8, 4) is 0 Å². The molecule has 764 valence electrons. The highest BCUT2D eigenvalue weighted by molar-refractivity contribution is 6.03. The van der Waals surface area contributed by atoms with Gasteiger partial charge in [-0.1, -0.05) is 429 Å². The number of nitrogens with one attached hydrogen (secondary N) is 8. The summed E-state index contributed by atoms with van der Waals surface area (Å²) in [6.07, 6.45) is 38.4. The van der Waals surface area contributed by atoms with Crippen LogP contribution >= 0.6 is 0 Å². The zero-order valence-electron chi connectivity index (χ0n) is 87.8. The second kappa shape index (κ2) is 57.7. The van der Waals surface area contributed by atoms with Crippen molar-refractivity contribution in [3.63, 3.8) is 0 Å². The number of unbranched alkanes of at least 4 members (excludes halogenated alkanes) is 28. The number of carbonyl (C=O) groups excluding carboxylic acids is 4. The van der Waals surface area contributed by atoms with Crippen LogP contribution < -0.4 is 42.7 Å². The molecule has 1 aliphatic rings. The fraction of sp³-hybridized carbons (Fsp3) is 0.438. The molecule has 0 saturated heterocycles. The predicted octanol–water partition coefficient (Wildman–Crippen LogP) is 29.1. The van der Waals surface area contributed by atoms with Gasteiger partial charge in [0.05, 0.1) is 26.4 Å². The van der Waals surface area contributed by atoms with Crippen molar-refractivity contribution in [1.82, 2.24) is 19.9 Å². The summed E-state index contributed by atoms with van der Waals surface area (Å²) < 4.78 is 23.9. The summed E-state index contributed by atoms with van der Waals surface area (Å²) in [4.78, 5) is 77.1. The van der Waals surface area contributed by atoms with Crippen molar-refractivity contribution < 1.29 is 38.1 Å². The van der Waals surface area contributed by atoms with Crippen LogP contribution in [0.1, 0.15) is 354 Å². The number of H-pyrrole nitrogens is 4. The van der Waals surface area contributed by atoms with Gasteiger partial charge in [-0.15, -0.1) is 0 Å². The van der Waals surface area contributed by atoms with Gasteiger partial charge in [-0.3, -0.25) is 19.2 Å². The lowest BCUT2D eigenvalue weighted by molar-refractivity contribution is -0.125. The molecule has 12 aromatic rings. The quantitative estimate of drug-likeness (QED) is 0.0171. The lowest BCUT2D eigenvalue weighted by atomic mass is 9.85.